The molecule has 0 saturated carbocycles. The summed E-state index contributed by atoms with van der Waals surface area (Å²) in [5, 5.41) is 0. The third kappa shape index (κ3) is 4.45. The second-order valence-electron chi connectivity index (χ2n) is 4.94. The number of Topliss-reactive ketones (excluding diaryl/α,β-unsaturated/α-hetero) is 1. The Morgan fingerprint density at radius 2 is 1.19 bits per heavy atom. The van der Waals surface area contributed by atoms with Crippen molar-refractivity contribution in [1.82, 2.24) is 0 Å². The molecule has 0 radical (unpaired) electrons. The fraction of sp³-hybridized carbons (Fsp3) is 0.235. The lowest BCUT2D eigenvalue weighted by Crippen LogP contribution is -2.33. The predicted molar refractivity (Wildman–Crippen MR) is 74.8 cm³/mol. The van der Waals surface area contributed by atoms with Crippen LogP contribution in [-0.4, -0.2) is 12.0 Å². The van der Waals surface area contributed by atoms with Crippen LogP contribution in [0.4, 0.5) is 13.2 Å². The molecule has 2 aromatic rings. The first-order valence-corrected chi connectivity index (χ1v) is 6.65. The van der Waals surface area contributed by atoms with Gasteiger partial charge in [0.05, 0.1) is 0 Å². The van der Waals surface area contributed by atoms with E-state index < -0.39 is 17.9 Å². The van der Waals surface area contributed by atoms with Crippen LogP contribution in [-0.2, 0) is 17.6 Å². The van der Waals surface area contributed by atoms with Gasteiger partial charge in [-0.15, -0.1) is 0 Å². The van der Waals surface area contributed by atoms with Gasteiger partial charge in [0.2, 0.25) is 5.78 Å². The Morgan fingerprint density at radius 1 is 0.810 bits per heavy atom. The van der Waals surface area contributed by atoms with Crippen LogP contribution in [0.15, 0.2) is 60.7 Å². The van der Waals surface area contributed by atoms with Gasteiger partial charge >= 0.3 is 6.18 Å². The third-order valence-electron chi connectivity index (χ3n) is 3.30. The van der Waals surface area contributed by atoms with Gasteiger partial charge in [0.1, 0.15) is 0 Å². The van der Waals surface area contributed by atoms with E-state index >= 15 is 0 Å². The van der Waals surface area contributed by atoms with Gasteiger partial charge in [-0.1, -0.05) is 60.7 Å². The Labute approximate surface area is 121 Å². The van der Waals surface area contributed by atoms with Crippen molar-refractivity contribution in [3.63, 3.8) is 0 Å². The van der Waals surface area contributed by atoms with Crippen LogP contribution in [0, 0.1) is 5.92 Å². The number of ketones is 1. The van der Waals surface area contributed by atoms with Gasteiger partial charge in [-0.25, -0.2) is 0 Å². The number of alkyl halides is 3. The molecule has 0 unspecified atom stereocenters. The smallest absolute Gasteiger partial charge is 0.289 e. The molecule has 2 rings (SSSR count). The van der Waals surface area contributed by atoms with Gasteiger partial charge in [-0.3, -0.25) is 4.79 Å². The minimum Gasteiger partial charge on any atom is -0.289 e. The summed E-state index contributed by atoms with van der Waals surface area (Å²) in [6.07, 6.45) is -4.61. The summed E-state index contributed by atoms with van der Waals surface area (Å²) >= 11 is 0. The van der Waals surface area contributed by atoms with E-state index in [1.54, 1.807) is 60.7 Å². The molecule has 0 aliphatic rings. The maximum Gasteiger partial charge on any atom is 0.450 e. The van der Waals surface area contributed by atoms with E-state index in [9.17, 15) is 18.0 Å². The van der Waals surface area contributed by atoms with Gasteiger partial charge in [0.15, 0.2) is 0 Å². The fourth-order valence-corrected chi connectivity index (χ4v) is 2.29. The third-order valence-corrected chi connectivity index (χ3v) is 3.30. The zero-order valence-corrected chi connectivity index (χ0v) is 11.3. The highest BCUT2D eigenvalue weighted by Crippen LogP contribution is 2.26. The predicted octanol–water partition coefficient (Wildman–Crippen LogP) is 4.22. The average Bonchev–Trinajstić information content (AvgIpc) is 2.47. The maximum absolute atomic E-state index is 12.8. The van der Waals surface area contributed by atoms with Gasteiger partial charge in [-0.2, -0.15) is 13.2 Å². The Morgan fingerprint density at radius 3 is 1.52 bits per heavy atom. The Kier molecular flexibility index (Phi) is 4.78. The van der Waals surface area contributed by atoms with E-state index in [1.165, 1.54) is 0 Å². The number of hydrogen-bond acceptors (Lipinski definition) is 1. The van der Waals surface area contributed by atoms with Gasteiger partial charge in [-0.05, 0) is 24.0 Å². The molecule has 1 nitrogen and oxygen atoms in total. The van der Waals surface area contributed by atoms with E-state index in [2.05, 4.69) is 0 Å². The largest absolute Gasteiger partial charge is 0.450 e. The first kappa shape index (κ1) is 15.3. The standard InChI is InChI=1S/C17H15F3O/c18-17(19,20)16(21)15(11-13-7-3-1-4-8-13)12-14-9-5-2-6-10-14/h1-10,15H,11-12H2. The van der Waals surface area contributed by atoms with E-state index in [-0.39, 0.29) is 12.8 Å². The second kappa shape index (κ2) is 6.57. The molecule has 110 valence electrons. The molecule has 0 aliphatic heterocycles. The van der Waals surface area contributed by atoms with Crippen LogP contribution >= 0.6 is 0 Å². The molecule has 0 aliphatic carbocycles. The van der Waals surface area contributed by atoms with Crippen LogP contribution in [0.3, 0.4) is 0 Å². The Bertz CT molecular complexity index is 534. The molecular formula is C17H15F3O. The van der Waals surface area contributed by atoms with Crippen LogP contribution < -0.4 is 0 Å². The van der Waals surface area contributed by atoms with E-state index in [4.69, 9.17) is 0 Å². The zero-order chi connectivity index (χ0) is 15.3. The lowest BCUT2D eigenvalue weighted by atomic mass is 9.89. The molecule has 0 atom stereocenters. The van der Waals surface area contributed by atoms with Gasteiger partial charge in [0.25, 0.3) is 0 Å². The van der Waals surface area contributed by atoms with Crippen molar-refractivity contribution < 1.29 is 18.0 Å². The minimum atomic E-state index is -4.80. The van der Waals surface area contributed by atoms with E-state index in [0.29, 0.717) is 0 Å². The van der Waals surface area contributed by atoms with Gasteiger partial charge in [0, 0.05) is 5.92 Å². The number of rotatable bonds is 5. The highest BCUT2D eigenvalue weighted by atomic mass is 19.4. The van der Waals surface area contributed by atoms with Crippen molar-refractivity contribution in [2.75, 3.05) is 0 Å². The van der Waals surface area contributed by atoms with Gasteiger partial charge < -0.3 is 0 Å². The number of halogens is 3. The molecule has 0 bridgehead atoms. The summed E-state index contributed by atoms with van der Waals surface area (Å²) in [7, 11) is 0. The second-order valence-corrected chi connectivity index (χ2v) is 4.94. The number of benzene rings is 2. The molecule has 0 spiro atoms. The fourth-order valence-electron chi connectivity index (χ4n) is 2.29. The van der Waals surface area contributed by atoms with Crippen LogP contribution in [0.25, 0.3) is 0 Å². The van der Waals surface area contributed by atoms with Crippen LogP contribution in [0.1, 0.15) is 11.1 Å². The molecular weight excluding hydrogens is 277 g/mol. The summed E-state index contributed by atoms with van der Waals surface area (Å²) < 4.78 is 38.3. The van der Waals surface area contributed by atoms with E-state index in [0.717, 1.165) is 11.1 Å². The number of carbonyl (C=O) groups excluding carboxylic acids is 1. The summed E-state index contributed by atoms with van der Waals surface area (Å²) in [6, 6.07) is 17.6. The number of carbonyl (C=O) groups is 1. The molecule has 0 aromatic heterocycles. The summed E-state index contributed by atoms with van der Waals surface area (Å²) in [5.74, 6) is -2.75. The highest BCUT2D eigenvalue weighted by molar-refractivity contribution is 5.86. The van der Waals surface area contributed by atoms with Crippen LogP contribution in [0.5, 0.6) is 0 Å². The first-order chi connectivity index (χ1) is 9.97. The normalized spacial score (nSPS) is 11.6. The number of hydrogen-bond donors (Lipinski definition) is 0. The Hall–Kier alpha value is -2.10. The van der Waals surface area contributed by atoms with Crippen molar-refractivity contribution >= 4 is 5.78 Å². The first-order valence-electron chi connectivity index (χ1n) is 6.65. The SMILES string of the molecule is O=C(C(Cc1ccccc1)Cc1ccccc1)C(F)(F)F. The highest BCUT2D eigenvalue weighted by Gasteiger charge is 2.42. The van der Waals surface area contributed by atoms with Crippen molar-refractivity contribution in [1.29, 1.82) is 0 Å². The minimum absolute atomic E-state index is 0.0913. The molecule has 0 fully saturated rings. The Balaban J connectivity index is 2.20. The van der Waals surface area contributed by atoms with Crippen molar-refractivity contribution in [2.24, 2.45) is 5.92 Å². The quantitative estimate of drug-likeness (QED) is 0.806. The molecule has 2 aromatic carbocycles. The molecule has 21 heavy (non-hydrogen) atoms. The van der Waals surface area contributed by atoms with Crippen molar-refractivity contribution in [3.8, 4) is 0 Å². The zero-order valence-electron chi connectivity index (χ0n) is 11.3. The lowest BCUT2D eigenvalue weighted by molar-refractivity contribution is -0.175. The monoisotopic (exact) mass is 292 g/mol. The molecule has 0 amide bonds. The average molecular weight is 292 g/mol. The lowest BCUT2D eigenvalue weighted by Gasteiger charge is -2.17. The summed E-state index contributed by atoms with van der Waals surface area (Å²) in [6.45, 7) is 0. The van der Waals surface area contributed by atoms with E-state index in [1.807, 2.05) is 0 Å². The topological polar surface area (TPSA) is 17.1 Å². The summed E-state index contributed by atoms with van der Waals surface area (Å²) in [5.41, 5.74) is 1.46. The molecule has 0 saturated heterocycles. The molecule has 4 heteroatoms. The molecule has 0 N–H and O–H groups in total. The maximum atomic E-state index is 12.8. The van der Waals surface area contributed by atoms with Crippen molar-refractivity contribution in [3.05, 3.63) is 71.8 Å². The van der Waals surface area contributed by atoms with Crippen LogP contribution in [0.2, 0.25) is 0 Å². The summed E-state index contributed by atoms with van der Waals surface area (Å²) in [4.78, 5) is 11.6. The molecule has 0 heterocycles. The van der Waals surface area contributed by atoms with Crippen molar-refractivity contribution in [2.45, 2.75) is 19.0 Å².